The fraction of sp³-hybridized carbons (Fsp3) is 0.529. The number of benzene rings is 1. The molecular formula is C17H23ClN6. The van der Waals surface area contributed by atoms with Gasteiger partial charge in [-0.1, -0.05) is 23.7 Å². The molecule has 2 aliphatic heterocycles. The minimum atomic E-state index is 0.387. The van der Waals surface area contributed by atoms with Crippen LogP contribution in [0.1, 0.15) is 24.8 Å². The van der Waals surface area contributed by atoms with E-state index in [4.69, 9.17) is 17.3 Å². The van der Waals surface area contributed by atoms with Crippen LogP contribution in [-0.4, -0.2) is 51.8 Å². The Labute approximate surface area is 147 Å². The molecule has 3 heterocycles. The van der Waals surface area contributed by atoms with Crippen LogP contribution in [0.25, 0.3) is 0 Å². The highest BCUT2D eigenvalue weighted by molar-refractivity contribution is 6.30. The first-order valence-corrected chi connectivity index (χ1v) is 9.00. The molecule has 2 aliphatic rings. The third kappa shape index (κ3) is 3.21. The lowest BCUT2D eigenvalue weighted by Crippen LogP contribution is -2.57. The highest BCUT2D eigenvalue weighted by Crippen LogP contribution is 2.30. The predicted molar refractivity (Wildman–Crippen MR) is 96.3 cm³/mol. The first-order valence-electron chi connectivity index (χ1n) is 8.62. The zero-order valence-corrected chi connectivity index (χ0v) is 14.4. The summed E-state index contributed by atoms with van der Waals surface area (Å²) in [6.07, 6.45) is 4.73. The lowest BCUT2D eigenvalue weighted by atomic mass is 9.90. The van der Waals surface area contributed by atoms with E-state index in [1.807, 2.05) is 12.1 Å². The molecule has 4 rings (SSSR count). The molecule has 1 aromatic carbocycles. The second-order valence-corrected chi connectivity index (χ2v) is 7.19. The number of piperidine rings is 1. The maximum absolute atomic E-state index is 5.98. The quantitative estimate of drug-likeness (QED) is 0.888. The molecule has 128 valence electrons. The maximum atomic E-state index is 5.98. The highest BCUT2D eigenvalue weighted by atomic mass is 35.5. The third-order valence-corrected chi connectivity index (χ3v) is 5.53. The summed E-state index contributed by atoms with van der Waals surface area (Å²) in [5, 5.41) is 7.69. The summed E-state index contributed by atoms with van der Waals surface area (Å²) in [5.41, 5.74) is 7.00. The molecule has 24 heavy (non-hydrogen) atoms. The van der Waals surface area contributed by atoms with Crippen molar-refractivity contribution in [2.24, 2.45) is 0 Å². The second kappa shape index (κ2) is 6.61. The van der Waals surface area contributed by atoms with Gasteiger partial charge in [-0.05, 0) is 43.4 Å². The van der Waals surface area contributed by atoms with E-state index in [1.165, 1.54) is 18.5 Å². The van der Waals surface area contributed by atoms with E-state index in [0.29, 0.717) is 18.0 Å². The van der Waals surface area contributed by atoms with Crippen LogP contribution >= 0.6 is 11.6 Å². The largest absolute Gasteiger partial charge is 0.368 e. The standard InChI is InChI=1S/C17H23ClN6/c18-13-3-1-12(2-4-13)11-15-7-10-24(15)14-5-8-23(9-6-14)17-20-16(19)21-22-17/h1-4,14-15H,5-11H2,(H3,19,20,21,22)/t15-/m1/s1. The molecule has 2 aromatic rings. The minimum absolute atomic E-state index is 0.387. The van der Waals surface area contributed by atoms with Gasteiger partial charge in [0.2, 0.25) is 11.9 Å². The number of halogens is 1. The van der Waals surface area contributed by atoms with E-state index in [9.17, 15) is 0 Å². The average molecular weight is 347 g/mol. The lowest BCUT2D eigenvalue weighted by Gasteiger charge is -2.49. The Bertz CT molecular complexity index is 677. The van der Waals surface area contributed by atoms with Crippen molar-refractivity contribution in [3.63, 3.8) is 0 Å². The van der Waals surface area contributed by atoms with E-state index in [0.717, 1.165) is 43.3 Å². The predicted octanol–water partition coefficient (Wildman–Crippen LogP) is 2.33. The number of likely N-dealkylation sites (tertiary alicyclic amines) is 1. The zero-order valence-electron chi connectivity index (χ0n) is 13.7. The van der Waals surface area contributed by atoms with Crippen LogP contribution in [-0.2, 0) is 6.42 Å². The maximum Gasteiger partial charge on any atom is 0.246 e. The molecule has 0 unspecified atom stereocenters. The monoisotopic (exact) mass is 346 g/mol. The molecule has 2 saturated heterocycles. The highest BCUT2D eigenvalue weighted by Gasteiger charge is 2.35. The Kier molecular flexibility index (Phi) is 4.33. The smallest absolute Gasteiger partial charge is 0.246 e. The minimum Gasteiger partial charge on any atom is -0.368 e. The number of hydrogen-bond acceptors (Lipinski definition) is 5. The topological polar surface area (TPSA) is 74.1 Å². The van der Waals surface area contributed by atoms with Gasteiger partial charge in [-0.15, -0.1) is 5.10 Å². The number of anilines is 2. The Morgan fingerprint density at radius 1 is 1.12 bits per heavy atom. The third-order valence-electron chi connectivity index (χ3n) is 5.28. The SMILES string of the molecule is Nc1nc(N2CCC(N3CC[C@@H]3Cc3ccc(Cl)cc3)CC2)n[nH]1. The van der Waals surface area contributed by atoms with Gasteiger partial charge in [-0.25, -0.2) is 5.10 Å². The fourth-order valence-corrected chi connectivity index (χ4v) is 3.98. The Balaban J connectivity index is 1.31. The number of nitrogen functional groups attached to an aromatic ring is 1. The molecule has 1 aromatic heterocycles. The van der Waals surface area contributed by atoms with Crippen molar-refractivity contribution in [3.05, 3.63) is 34.9 Å². The molecule has 0 radical (unpaired) electrons. The van der Waals surface area contributed by atoms with Crippen LogP contribution in [0.4, 0.5) is 11.9 Å². The number of nitrogens with zero attached hydrogens (tertiary/aromatic N) is 4. The van der Waals surface area contributed by atoms with Crippen LogP contribution in [0.15, 0.2) is 24.3 Å². The lowest BCUT2D eigenvalue weighted by molar-refractivity contribution is 0.0299. The number of nitrogens with two attached hydrogens (primary N) is 1. The molecule has 0 saturated carbocycles. The molecule has 1 atom stereocenters. The Morgan fingerprint density at radius 3 is 2.46 bits per heavy atom. The average Bonchev–Trinajstić information content (AvgIpc) is 3.00. The fourth-order valence-electron chi connectivity index (χ4n) is 3.86. The van der Waals surface area contributed by atoms with Crippen LogP contribution in [0.5, 0.6) is 0 Å². The molecule has 0 bridgehead atoms. The van der Waals surface area contributed by atoms with E-state index < -0.39 is 0 Å². The van der Waals surface area contributed by atoms with Gasteiger partial charge in [0, 0.05) is 36.7 Å². The van der Waals surface area contributed by atoms with Crippen LogP contribution in [0.3, 0.4) is 0 Å². The summed E-state index contributed by atoms with van der Waals surface area (Å²) in [4.78, 5) is 9.13. The van der Waals surface area contributed by atoms with E-state index in [2.05, 4.69) is 37.1 Å². The van der Waals surface area contributed by atoms with Crippen molar-refractivity contribution in [1.29, 1.82) is 0 Å². The van der Waals surface area contributed by atoms with Gasteiger partial charge in [0.05, 0.1) is 0 Å². The zero-order chi connectivity index (χ0) is 16.5. The summed E-state index contributed by atoms with van der Waals surface area (Å²) in [7, 11) is 0. The van der Waals surface area contributed by atoms with Gasteiger partial charge in [-0.2, -0.15) is 4.98 Å². The van der Waals surface area contributed by atoms with Crippen molar-refractivity contribution >= 4 is 23.5 Å². The normalized spacial score (nSPS) is 22.5. The molecule has 0 amide bonds. The number of hydrogen-bond donors (Lipinski definition) is 2. The molecule has 6 nitrogen and oxygen atoms in total. The second-order valence-electron chi connectivity index (χ2n) is 6.75. The number of aromatic amines is 1. The molecule has 7 heteroatoms. The summed E-state index contributed by atoms with van der Waals surface area (Å²) in [6.45, 7) is 3.20. The number of aromatic nitrogens is 3. The number of H-pyrrole nitrogens is 1. The van der Waals surface area contributed by atoms with Gasteiger partial charge in [-0.3, -0.25) is 4.90 Å². The van der Waals surface area contributed by atoms with Crippen molar-refractivity contribution in [2.75, 3.05) is 30.3 Å². The van der Waals surface area contributed by atoms with Gasteiger partial charge in [0.25, 0.3) is 0 Å². The van der Waals surface area contributed by atoms with Crippen molar-refractivity contribution < 1.29 is 0 Å². The van der Waals surface area contributed by atoms with Crippen LogP contribution in [0.2, 0.25) is 5.02 Å². The van der Waals surface area contributed by atoms with E-state index in [1.54, 1.807) is 0 Å². The van der Waals surface area contributed by atoms with Gasteiger partial charge >= 0.3 is 0 Å². The first-order chi connectivity index (χ1) is 11.7. The first kappa shape index (κ1) is 15.7. The van der Waals surface area contributed by atoms with Crippen LogP contribution < -0.4 is 10.6 Å². The van der Waals surface area contributed by atoms with Crippen molar-refractivity contribution in [2.45, 2.75) is 37.8 Å². The summed E-state index contributed by atoms with van der Waals surface area (Å²) in [6, 6.07) is 9.61. The van der Waals surface area contributed by atoms with E-state index >= 15 is 0 Å². The summed E-state index contributed by atoms with van der Waals surface area (Å²) >= 11 is 5.98. The van der Waals surface area contributed by atoms with Crippen molar-refractivity contribution in [3.8, 4) is 0 Å². The molecule has 2 fully saturated rings. The Morgan fingerprint density at radius 2 is 1.88 bits per heavy atom. The Hall–Kier alpha value is -1.79. The molecular weight excluding hydrogens is 324 g/mol. The van der Waals surface area contributed by atoms with Crippen molar-refractivity contribution in [1.82, 2.24) is 20.1 Å². The number of nitrogens with one attached hydrogen (secondary N) is 1. The van der Waals surface area contributed by atoms with E-state index in [-0.39, 0.29) is 0 Å². The number of rotatable bonds is 4. The summed E-state index contributed by atoms with van der Waals surface area (Å²) < 4.78 is 0. The van der Waals surface area contributed by atoms with Gasteiger partial charge in [0.15, 0.2) is 0 Å². The molecule has 3 N–H and O–H groups in total. The van der Waals surface area contributed by atoms with Gasteiger partial charge < -0.3 is 10.6 Å². The molecule has 0 aliphatic carbocycles. The summed E-state index contributed by atoms with van der Waals surface area (Å²) in [5.74, 6) is 1.12. The van der Waals surface area contributed by atoms with Gasteiger partial charge in [0.1, 0.15) is 0 Å². The van der Waals surface area contributed by atoms with Crippen LogP contribution in [0, 0.1) is 0 Å². The molecule has 0 spiro atoms.